The van der Waals surface area contributed by atoms with Gasteiger partial charge in [-0.3, -0.25) is 9.69 Å². The van der Waals surface area contributed by atoms with E-state index in [1.54, 1.807) is 11.3 Å². The van der Waals surface area contributed by atoms with E-state index in [2.05, 4.69) is 34.7 Å². The van der Waals surface area contributed by atoms with E-state index in [-0.39, 0.29) is 18.0 Å². The zero-order valence-corrected chi connectivity index (χ0v) is 15.0. The second-order valence-electron chi connectivity index (χ2n) is 6.24. The van der Waals surface area contributed by atoms with Gasteiger partial charge in [-0.2, -0.15) is 0 Å². The van der Waals surface area contributed by atoms with Crippen molar-refractivity contribution in [3.8, 4) is 0 Å². The van der Waals surface area contributed by atoms with Gasteiger partial charge in [0.2, 0.25) is 0 Å². The third kappa shape index (κ3) is 4.04. The van der Waals surface area contributed by atoms with Crippen LogP contribution in [-0.4, -0.2) is 43.2 Å². The molecule has 2 aromatic rings. The number of hydrogen-bond donors (Lipinski definition) is 1. The molecule has 1 aliphatic heterocycles. The highest BCUT2D eigenvalue weighted by molar-refractivity contribution is 7.10. The Morgan fingerprint density at radius 1 is 1.21 bits per heavy atom. The number of nitrogens with zero attached hydrogens (tertiary/aromatic N) is 1. The fourth-order valence-electron chi connectivity index (χ4n) is 3.13. The maximum absolute atomic E-state index is 12.6. The van der Waals surface area contributed by atoms with Crippen LogP contribution in [0.15, 0.2) is 41.8 Å². The topological polar surface area (TPSA) is 41.6 Å². The van der Waals surface area contributed by atoms with Gasteiger partial charge in [0, 0.05) is 29.6 Å². The van der Waals surface area contributed by atoms with Gasteiger partial charge in [-0.15, -0.1) is 11.3 Å². The summed E-state index contributed by atoms with van der Waals surface area (Å²) in [6.07, 6.45) is 0. The summed E-state index contributed by atoms with van der Waals surface area (Å²) in [5.41, 5.74) is 1.86. The van der Waals surface area contributed by atoms with E-state index in [9.17, 15) is 4.79 Å². The van der Waals surface area contributed by atoms with Gasteiger partial charge in [-0.05, 0) is 37.4 Å². The van der Waals surface area contributed by atoms with Crippen molar-refractivity contribution in [3.63, 3.8) is 0 Å². The molecule has 0 radical (unpaired) electrons. The Morgan fingerprint density at radius 2 is 1.92 bits per heavy atom. The number of morpholine rings is 1. The number of carbonyl (C=O) groups excluding carboxylic acids is 1. The number of thiophene rings is 1. The second-order valence-corrected chi connectivity index (χ2v) is 7.22. The Labute approximate surface area is 147 Å². The van der Waals surface area contributed by atoms with E-state index < -0.39 is 0 Å². The molecule has 1 aliphatic rings. The summed E-state index contributed by atoms with van der Waals surface area (Å²) in [6, 6.07) is 12.1. The molecule has 1 amide bonds. The van der Waals surface area contributed by atoms with Crippen LogP contribution in [-0.2, 0) is 4.74 Å². The van der Waals surface area contributed by atoms with Crippen LogP contribution in [0.2, 0.25) is 0 Å². The Bertz CT molecular complexity index is 649. The monoisotopic (exact) mass is 344 g/mol. The molecular weight excluding hydrogens is 320 g/mol. The highest BCUT2D eigenvalue weighted by atomic mass is 32.1. The lowest BCUT2D eigenvalue weighted by Crippen LogP contribution is -2.48. The minimum absolute atomic E-state index is 0.0164. The van der Waals surface area contributed by atoms with Gasteiger partial charge >= 0.3 is 0 Å². The molecule has 4 nitrogen and oxygen atoms in total. The Balaban J connectivity index is 1.74. The predicted octanol–water partition coefficient (Wildman–Crippen LogP) is 3.25. The molecule has 2 atom stereocenters. The number of aryl methyl sites for hydroxylation is 1. The van der Waals surface area contributed by atoms with Gasteiger partial charge in [0.1, 0.15) is 0 Å². The van der Waals surface area contributed by atoms with E-state index in [0.29, 0.717) is 5.56 Å². The SMILES string of the molecule is Cc1ccc(C(=O)N[C@@H](C)[C@@H](c2cccs2)N2CCOCC2)cc1. The third-order valence-electron chi connectivity index (χ3n) is 4.42. The molecule has 0 bridgehead atoms. The van der Waals surface area contributed by atoms with E-state index in [1.807, 2.05) is 31.2 Å². The summed E-state index contributed by atoms with van der Waals surface area (Å²) in [5, 5.41) is 5.28. The van der Waals surface area contributed by atoms with Crippen molar-refractivity contribution in [2.75, 3.05) is 26.3 Å². The normalized spacial score (nSPS) is 18.1. The molecule has 1 N–H and O–H groups in total. The lowest BCUT2D eigenvalue weighted by Gasteiger charge is -2.37. The first-order valence-corrected chi connectivity index (χ1v) is 9.26. The maximum Gasteiger partial charge on any atom is 0.251 e. The second kappa shape index (κ2) is 7.92. The molecule has 2 heterocycles. The summed E-state index contributed by atoms with van der Waals surface area (Å²) in [5.74, 6) is -0.0164. The van der Waals surface area contributed by atoms with E-state index >= 15 is 0 Å². The first-order chi connectivity index (χ1) is 11.6. The highest BCUT2D eigenvalue weighted by Crippen LogP contribution is 2.29. The molecule has 1 fully saturated rings. The standard InChI is InChI=1S/C19H24N2O2S/c1-14-5-7-16(8-6-14)19(22)20-15(2)18(17-4-3-13-24-17)21-9-11-23-12-10-21/h3-8,13,15,18H,9-12H2,1-2H3,(H,20,22)/t15-,18-/m0/s1. The molecule has 1 aromatic carbocycles. The molecule has 0 unspecified atom stereocenters. The predicted molar refractivity (Wildman–Crippen MR) is 97.6 cm³/mol. The van der Waals surface area contributed by atoms with Crippen molar-refractivity contribution in [3.05, 3.63) is 57.8 Å². The lowest BCUT2D eigenvalue weighted by molar-refractivity contribution is 0.00969. The Hall–Kier alpha value is -1.69. The van der Waals surface area contributed by atoms with Crippen LogP contribution in [0.1, 0.15) is 33.8 Å². The summed E-state index contributed by atoms with van der Waals surface area (Å²) >= 11 is 1.74. The average Bonchev–Trinajstić information content (AvgIpc) is 3.10. The molecule has 24 heavy (non-hydrogen) atoms. The van der Waals surface area contributed by atoms with Crippen molar-refractivity contribution in [1.29, 1.82) is 0 Å². The fraction of sp³-hybridized carbons (Fsp3) is 0.421. The number of rotatable bonds is 5. The number of amides is 1. The Kier molecular flexibility index (Phi) is 5.66. The number of carbonyl (C=O) groups is 1. The van der Waals surface area contributed by atoms with Crippen molar-refractivity contribution >= 4 is 17.2 Å². The number of nitrogens with one attached hydrogen (secondary N) is 1. The number of benzene rings is 1. The van der Waals surface area contributed by atoms with Crippen LogP contribution >= 0.6 is 11.3 Å². The molecule has 0 spiro atoms. The van der Waals surface area contributed by atoms with E-state index in [0.717, 1.165) is 31.9 Å². The van der Waals surface area contributed by atoms with Crippen molar-refractivity contribution in [2.24, 2.45) is 0 Å². The molecule has 0 saturated carbocycles. The van der Waals surface area contributed by atoms with Gasteiger partial charge in [-0.25, -0.2) is 0 Å². The van der Waals surface area contributed by atoms with Gasteiger partial charge in [0.05, 0.1) is 19.3 Å². The van der Waals surface area contributed by atoms with Crippen LogP contribution in [0.4, 0.5) is 0 Å². The van der Waals surface area contributed by atoms with Crippen LogP contribution in [0.5, 0.6) is 0 Å². The van der Waals surface area contributed by atoms with Crippen LogP contribution < -0.4 is 5.32 Å². The van der Waals surface area contributed by atoms with Crippen molar-refractivity contribution in [2.45, 2.75) is 25.9 Å². The minimum atomic E-state index is -0.0164. The molecule has 3 rings (SSSR count). The smallest absolute Gasteiger partial charge is 0.251 e. The van der Waals surface area contributed by atoms with Gasteiger partial charge < -0.3 is 10.1 Å². The molecule has 1 aromatic heterocycles. The van der Waals surface area contributed by atoms with Gasteiger partial charge in [0.25, 0.3) is 5.91 Å². The van der Waals surface area contributed by atoms with E-state index in [1.165, 1.54) is 4.88 Å². The summed E-state index contributed by atoms with van der Waals surface area (Å²) < 4.78 is 5.48. The van der Waals surface area contributed by atoms with Crippen LogP contribution in [0.3, 0.4) is 0 Å². The molecule has 1 saturated heterocycles. The summed E-state index contributed by atoms with van der Waals surface area (Å²) in [4.78, 5) is 16.3. The van der Waals surface area contributed by atoms with Gasteiger partial charge in [0.15, 0.2) is 0 Å². The largest absolute Gasteiger partial charge is 0.379 e. The zero-order chi connectivity index (χ0) is 16.9. The van der Waals surface area contributed by atoms with Crippen LogP contribution in [0, 0.1) is 6.92 Å². The lowest BCUT2D eigenvalue weighted by atomic mass is 10.0. The third-order valence-corrected chi connectivity index (χ3v) is 5.36. The Morgan fingerprint density at radius 3 is 2.54 bits per heavy atom. The van der Waals surface area contributed by atoms with Gasteiger partial charge in [-0.1, -0.05) is 23.8 Å². The van der Waals surface area contributed by atoms with E-state index in [4.69, 9.17) is 4.74 Å². The maximum atomic E-state index is 12.6. The average molecular weight is 344 g/mol. The molecule has 128 valence electrons. The highest BCUT2D eigenvalue weighted by Gasteiger charge is 2.29. The molecular formula is C19H24N2O2S. The molecule has 5 heteroatoms. The van der Waals surface area contributed by atoms with Crippen molar-refractivity contribution in [1.82, 2.24) is 10.2 Å². The van der Waals surface area contributed by atoms with Crippen molar-refractivity contribution < 1.29 is 9.53 Å². The summed E-state index contributed by atoms with van der Waals surface area (Å²) in [6.45, 7) is 7.41. The quantitative estimate of drug-likeness (QED) is 0.905. The number of hydrogen-bond acceptors (Lipinski definition) is 4. The first-order valence-electron chi connectivity index (χ1n) is 8.38. The fourth-order valence-corrected chi connectivity index (χ4v) is 4.10. The summed E-state index contributed by atoms with van der Waals surface area (Å²) in [7, 11) is 0. The zero-order valence-electron chi connectivity index (χ0n) is 14.2. The minimum Gasteiger partial charge on any atom is -0.379 e. The number of ether oxygens (including phenoxy) is 1. The molecule has 0 aliphatic carbocycles. The first kappa shape index (κ1) is 17.1. The van der Waals surface area contributed by atoms with Crippen LogP contribution in [0.25, 0.3) is 0 Å².